The van der Waals surface area contributed by atoms with Gasteiger partial charge in [0.2, 0.25) is 5.91 Å². The van der Waals surface area contributed by atoms with Crippen molar-refractivity contribution in [1.82, 2.24) is 4.90 Å². The summed E-state index contributed by atoms with van der Waals surface area (Å²) in [6.45, 7) is 3.04. The van der Waals surface area contributed by atoms with Crippen molar-refractivity contribution in [2.75, 3.05) is 19.8 Å². The highest BCUT2D eigenvalue weighted by atomic mass is 32.1. The van der Waals surface area contributed by atoms with Gasteiger partial charge in [0.05, 0.1) is 12.5 Å². The van der Waals surface area contributed by atoms with Gasteiger partial charge in [0.25, 0.3) is 0 Å². The highest BCUT2D eigenvalue weighted by Crippen LogP contribution is 2.26. The van der Waals surface area contributed by atoms with Crippen LogP contribution in [-0.2, 0) is 22.5 Å². The third-order valence-electron chi connectivity index (χ3n) is 3.40. The smallest absolute Gasteiger partial charge is 0.228 e. The lowest BCUT2D eigenvalue weighted by molar-refractivity contribution is -0.136. The van der Waals surface area contributed by atoms with Gasteiger partial charge < -0.3 is 9.64 Å². The van der Waals surface area contributed by atoms with Crippen LogP contribution in [0.5, 0.6) is 0 Å². The van der Waals surface area contributed by atoms with E-state index in [-0.39, 0.29) is 11.8 Å². The second-order valence-electron chi connectivity index (χ2n) is 4.44. The summed E-state index contributed by atoms with van der Waals surface area (Å²) in [6, 6.07) is 2.14. The highest BCUT2D eigenvalue weighted by molar-refractivity contribution is 7.10. The Labute approximate surface area is 99.0 Å². The van der Waals surface area contributed by atoms with E-state index in [1.807, 2.05) is 16.2 Å². The molecule has 2 aliphatic rings. The number of fused-ring (bicyclic) bond motifs is 1. The molecule has 0 aromatic carbocycles. The van der Waals surface area contributed by atoms with E-state index in [2.05, 4.69) is 11.4 Å². The molecule has 0 saturated carbocycles. The topological polar surface area (TPSA) is 29.5 Å². The molecule has 1 saturated heterocycles. The fourth-order valence-electron chi connectivity index (χ4n) is 2.42. The van der Waals surface area contributed by atoms with Crippen LogP contribution < -0.4 is 0 Å². The van der Waals surface area contributed by atoms with E-state index in [0.717, 1.165) is 32.5 Å². The van der Waals surface area contributed by atoms with Crippen LogP contribution in [0, 0.1) is 5.92 Å². The molecule has 0 N–H and O–H groups in total. The van der Waals surface area contributed by atoms with Crippen molar-refractivity contribution in [2.45, 2.75) is 19.4 Å². The Morgan fingerprint density at radius 3 is 3.31 bits per heavy atom. The van der Waals surface area contributed by atoms with Crippen LogP contribution in [0.1, 0.15) is 16.9 Å². The Morgan fingerprint density at radius 1 is 1.56 bits per heavy atom. The van der Waals surface area contributed by atoms with Crippen LogP contribution in [0.15, 0.2) is 11.4 Å². The van der Waals surface area contributed by atoms with Crippen molar-refractivity contribution in [3.63, 3.8) is 0 Å². The summed E-state index contributed by atoms with van der Waals surface area (Å²) in [6.07, 6.45) is 1.91. The number of thiophene rings is 1. The van der Waals surface area contributed by atoms with Crippen molar-refractivity contribution >= 4 is 17.2 Å². The first kappa shape index (κ1) is 10.3. The average Bonchev–Trinajstić information content (AvgIpc) is 2.98. The van der Waals surface area contributed by atoms with Gasteiger partial charge >= 0.3 is 0 Å². The minimum Gasteiger partial charge on any atom is -0.381 e. The quantitative estimate of drug-likeness (QED) is 0.743. The third-order valence-corrected chi connectivity index (χ3v) is 4.42. The normalized spacial score (nSPS) is 24.5. The van der Waals surface area contributed by atoms with E-state index < -0.39 is 0 Å². The van der Waals surface area contributed by atoms with Gasteiger partial charge in [0, 0.05) is 24.6 Å². The summed E-state index contributed by atoms with van der Waals surface area (Å²) >= 11 is 1.81. The maximum Gasteiger partial charge on any atom is 0.228 e. The Balaban J connectivity index is 1.71. The van der Waals surface area contributed by atoms with Crippen LogP contribution in [0.4, 0.5) is 0 Å². The first-order valence-electron chi connectivity index (χ1n) is 5.76. The molecule has 4 heteroatoms. The zero-order chi connectivity index (χ0) is 11.0. The van der Waals surface area contributed by atoms with E-state index in [1.165, 1.54) is 10.4 Å². The summed E-state index contributed by atoms with van der Waals surface area (Å²) in [5.41, 5.74) is 1.34. The minimum atomic E-state index is 0.111. The Morgan fingerprint density at radius 2 is 2.50 bits per heavy atom. The number of ether oxygens (including phenoxy) is 1. The molecular formula is C12H15NO2S. The van der Waals surface area contributed by atoms with Crippen LogP contribution in [0.2, 0.25) is 0 Å². The molecule has 0 bridgehead atoms. The third kappa shape index (κ3) is 1.76. The molecule has 0 aliphatic carbocycles. The van der Waals surface area contributed by atoms with Crippen molar-refractivity contribution in [2.24, 2.45) is 5.92 Å². The lowest BCUT2D eigenvalue weighted by Gasteiger charge is -2.28. The van der Waals surface area contributed by atoms with Gasteiger partial charge in [0.15, 0.2) is 0 Å². The second-order valence-corrected chi connectivity index (χ2v) is 5.44. The molecule has 16 heavy (non-hydrogen) atoms. The van der Waals surface area contributed by atoms with E-state index in [0.29, 0.717) is 6.61 Å². The zero-order valence-corrected chi connectivity index (χ0v) is 9.96. The maximum atomic E-state index is 12.2. The van der Waals surface area contributed by atoms with Crippen LogP contribution in [0.25, 0.3) is 0 Å². The molecule has 0 spiro atoms. The molecule has 1 aromatic rings. The minimum absolute atomic E-state index is 0.111. The van der Waals surface area contributed by atoms with E-state index in [4.69, 9.17) is 4.74 Å². The SMILES string of the molecule is O=C(C1CCOC1)N1CCc2sccc2C1. The summed E-state index contributed by atoms with van der Waals surface area (Å²) in [4.78, 5) is 15.6. The Hall–Kier alpha value is -0.870. The summed E-state index contributed by atoms with van der Waals surface area (Å²) < 4.78 is 5.28. The first-order valence-corrected chi connectivity index (χ1v) is 6.64. The number of carbonyl (C=O) groups is 1. The summed E-state index contributed by atoms with van der Waals surface area (Å²) in [5.74, 6) is 0.398. The van der Waals surface area contributed by atoms with Gasteiger partial charge in [-0.1, -0.05) is 0 Å². The fraction of sp³-hybridized carbons (Fsp3) is 0.583. The fourth-order valence-corrected chi connectivity index (χ4v) is 3.31. The molecule has 1 unspecified atom stereocenters. The summed E-state index contributed by atoms with van der Waals surface area (Å²) in [5, 5.41) is 2.12. The predicted octanol–water partition coefficient (Wildman–Crippen LogP) is 1.67. The molecule has 1 atom stereocenters. The van der Waals surface area contributed by atoms with Crippen molar-refractivity contribution in [3.8, 4) is 0 Å². The van der Waals surface area contributed by atoms with Gasteiger partial charge in [-0.3, -0.25) is 4.79 Å². The molecule has 1 fully saturated rings. The Bertz CT molecular complexity index is 395. The van der Waals surface area contributed by atoms with Gasteiger partial charge in [-0.15, -0.1) is 11.3 Å². The van der Waals surface area contributed by atoms with Gasteiger partial charge in [-0.2, -0.15) is 0 Å². The maximum absolute atomic E-state index is 12.2. The van der Waals surface area contributed by atoms with Crippen molar-refractivity contribution in [3.05, 3.63) is 21.9 Å². The summed E-state index contributed by atoms with van der Waals surface area (Å²) in [7, 11) is 0. The van der Waals surface area contributed by atoms with Gasteiger partial charge in [-0.25, -0.2) is 0 Å². The van der Waals surface area contributed by atoms with E-state index in [1.54, 1.807) is 0 Å². The Kier molecular flexibility index (Phi) is 2.69. The molecular weight excluding hydrogens is 222 g/mol. The number of hydrogen-bond acceptors (Lipinski definition) is 3. The molecule has 3 rings (SSSR count). The van der Waals surface area contributed by atoms with E-state index >= 15 is 0 Å². The predicted molar refractivity (Wildman–Crippen MR) is 62.4 cm³/mol. The van der Waals surface area contributed by atoms with Crippen LogP contribution in [-0.4, -0.2) is 30.6 Å². The number of amides is 1. The molecule has 3 heterocycles. The molecule has 86 valence electrons. The second kappa shape index (κ2) is 4.18. The average molecular weight is 237 g/mol. The van der Waals surface area contributed by atoms with Gasteiger partial charge in [0.1, 0.15) is 0 Å². The standard InChI is InChI=1S/C12H15NO2S/c14-12(10-2-5-15-8-10)13-4-1-11-9(7-13)3-6-16-11/h3,6,10H,1-2,4-5,7-8H2. The molecule has 3 nitrogen and oxygen atoms in total. The molecule has 1 aromatic heterocycles. The van der Waals surface area contributed by atoms with Gasteiger partial charge in [-0.05, 0) is 29.9 Å². The number of nitrogens with zero attached hydrogens (tertiary/aromatic N) is 1. The molecule has 2 aliphatic heterocycles. The molecule has 0 radical (unpaired) electrons. The number of rotatable bonds is 1. The lowest BCUT2D eigenvalue weighted by Crippen LogP contribution is -2.39. The van der Waals surface area contributed by atoms with Crippen molar-refractivity contribution in [1.29, 1.82) is 0 Å². The number of carbonyl (C=O) groups excluding carboxylic acids is 1. The molecule has 1 amide bonds. The van der Waals surface area contributed by atoms with Crippen LogP contribution >= 0.6 is 11.3 Å². The van der Waals surface area contributed by atoms with Crippen LogP contribution in [0.3, 0.4) is 0 Å². The number of hydrogen-bond donors (Lipinski definition) is 0. The monoisotopic (exact) mass is 237 g/mol. The largest absolute Gasteiger partial charge is 0.381 e. The lowest BCUT2D eigenvalue weighted by atomic mass is 10.0. The highest BCUT2D eigenvalue weighted by Gasteiger charge is 2.30. The van der Waals surface area contributed by atoms with E-state index in [9.17, 15) is 4.79 Å². The first-order chi connectivity index (χ1) is 7.84. The zero-order valence-electron chi connectivity index (χ0n) is 9.15. The van der Waals surface area contributed by atoms with Crippen molar-refractivity contribution < 1.29 is 9.53 Å².